The molecule has 0 saturated heterocycles. The maximum Gasteiger partial charge on any atom is 0.225 e. The van der Waals surface area contributed by atoms with Crippen molar-refractivity contribution < 1.29 is 4.79 Å². The number of para-hydroxylation sites is 1. The number of hydrogen-bond acceptors (Lipinski definition) is 3. The third-order valence-electron chi connectivity index (χ3n) is 5.66. The number of carbonyl (C=O) groups excluding carboxylic acids is 1. The largest absolute Gasteiger partial charge is 0.332 e. The van der Waals surface area contributed by atoms with Gasteiger partial charge in [0, 0.05) is 29.0 Å². The van der Waals surface area contributed by atoms with Gasteiger partial charge in [-0.05, 0) is 38.8 Å². The molecule has 168 valence electrons. The van der Waals surface area contributed by atoms with E-state index in [1.807, 2.05) is 32.0 Å². The molecule has 0 radical (unpaired) electrons. The average molecular weight is 456 g/mol. The van der Waals surface area contributed by atoms with Crippen LogP contribution in [0.15, 0.2) is 71.9 Å². The van der Waals surface area contributed by atoms with Gasteiger partial charge in [0.1, 0.15) is 0 Å². The number of imidazole rings is 1. The summed E-state index contributed by atoms with van der Waals surface area (Å²) in [5, 5.41) is 3.88. The molecule has 0 aliphatic rings. The van der Waals surface area contributed by atoms with Crippen LogP contribution in [0, 0.1) is 27.7 Å². The van der Waals surface area contributed by atoms with Crippen molar-refractivity contribution in [1.82, 2.24) is 9.97 Å². The Morgan fingerprint density at radius 2 is 1.42 bits per heavy atom. The Morgan fingerprint density at radius 3 is 2.03 bits per heavy atom. The van der Waals surface area contributed by atoms with Gasteiger partial charge >= 0.3 is 0 Å². The van der Waals surface area contributed by atoms with Crippen LogP contribution in [0.4, 0.5) is 5.69 Å². The van der Waals surface area contributed by atoms with Crippen LogP contribution >= 0.6 is 11.8 Å². The van der Waals surface area contributed by atoms with Gasteiger partial charge in [0.2, 0.25) is 5.91 Å². The van der Waals surface area contributed by atoms with Crippen molar-refractivity contribution in [2.24, 2.45) is 0 Å². The van der Waals surface area contributed by atoms with E-state index in [4.69, 9.17) is 4.98 Å². The second kappa shape index (κ2) is 10.1. The van der Waals surface area contributed by atoms with E-state index < -0.39 is 0 Å². The second-order valence-corrected chi connectivity index (χ2v) is 9.49. The number of nitrogens with zero attached hydrogens (tertiary/aromatic N) is 1. The maximum absolute atomic E-state index is 12.5. The molecule has 0 saturated carbocycles. The van der Waals surface area contributed by atoms with Crippen LogP contribution in [-0.4, -0.2) is 21.6 Å². The Labute approximate surface area is 199 Å². The van der Waals surface area contributed by atoms with Gasteiger partial charge in [0.25, 0.3) is 0 Å². The first-order chi connectivity index (χ1) is 15.9. The quantitative estimate of drug-likeness (QED) is 0.292. The molecule has 4 rings (SSSR count). The van der Waals surface area contributed by atoms with E-state index in [1.54, 1.807) is 11.8 Å². The van der Waals surface area contributed by atoms with E-state index in [0.717, 1.165) is 44.5 Å². The molecule has 4 nitrogen and oxygen atoms in total. The highest BCUT2D eigenvalue weighted by molar-refractivity contribution is 7.99. The number of aromatic amines is 1. The lowest BCUT2D eigenvalue weighted by atomic mass is 10.0. The molecule has 1 aromatic heterocycles. The summed E-state index contributed by atoms with van der Waals surface area (Å²) in [6, 6.07) is 22.9. The summed E-state index contributed by atoms with van der Waals surface area (Å²) in [5.41, 5.74) is 9.61. The minimum atomic E-state index is 0.0176. The third kappa shape index (κ3) is 5.55. The monoisotopic (exact) mass is 455 g/mol. The van der Waals surface area contributed by atoms with E-state index in [1.165, 1.54) is 11.1 Å². The molecule has 2 N–H and O–H groups in total. The van der Waals surface area contributed by atoms with Crippen LogP contribution in [-0.2, 0) is 4.79 Å². The Morgan fingerprint density at radius 1 is 0.848 bits per heavy atom. The fourth-order valence-corrected chi connectivity index (χ4v) is 4.53. The Hall–Kier alpha value is -3.31. The lowest BCUT2D eigenvalue weighted by molar-refractivity contribution is -0.115. The Bertz CT molecular complexity index is 1170. The van der Waals surface area contributed by atoms with Crippen LogP contribution in [0.3, 0.4) is 0 Å². The number of nitrogens with one attached hydrogen (secondary N) is 2. The van der Waals surface area contributed by atoms with Crippen LogP contribution in [0.1, 0.15) is 28.7 Å². The Kier molecular flexibility index (Phi) is 6.99. The predicted octanol–water partition coefficient (Wildman–Crippen LogP) is 7.10. The highest BCUT2D eigenvalue weighted by atomic mass is 32.2. The van der Waals surface area contributed by atoms with Gasteiger partial charge < -0.3 is 10.3 Å². The molecule has 0 bridgehead atoms. The van der Waals surface area contributed by atoms with Crippen molar-refractivity contribution in [3.8, 4) is 22.5 Å². The van der Waals surface area contributed by atoms with Gasteiger partial charge in [-0.2, -0.15) is 0 Å². The number of rotatable bonds is 7. The third-order valence-corrected chi connectivity index (χ3v) is 6.54. The normalized spacial score (nSPS) is 10.9. The van der Waals surface area contributed by atoms with E-state index in [2.05, 4.69) is 72.7 Å². The minimum Gasteiger partial charge on any atom is -0.332 e. The van der Waals surface area contributed by atoms with E-state index >= 15 is 0 Å². The summed E-state index contributed by atoms with van der Waals surface area (Å²) in [5.74, 6) is 0.661. The summed E-state index contributed by atoms with van der Waals surface area (Å²) in [7, 11) is 0. The number of thioether (sulfide) groups is 1. The summed E-state index contributed by atoms with van der Waals surface area (Å²) >= 11 is 1.57. The number of carbonyl (C=O) groups is 1. The standard InChI is InChI=1S/C28H29N3OS/c1-18-8-12-22(13-9-18)26-27(23-14-10-19(2)11-15-23)31-28(30-26)33-17-16-24(32)29-25-20(3)6-5-7-21(25)4/h5-15H,16-17H2,1-4H3,(H,29,32)(H,30,31). The molecule has 0 unspecified atom stereocenters. The number of hydrogen-bond donors (Lipinski definition) is 2. The van der Waals surface area contributed by atoms with Crippen molar-refractivity contribution in [3.63, 3.8) is 0 Å². The van der Waals surface area contributed by atoms with Gasteiger partial charge in [-0.3, -0.25) is 4.79 Å². The molecule has 3 aromatic carbocycles. The van der Waals surface area contributed by atoms with Crippen LogP contribution in [0.5, 0.6) is 0 Å². The van der Waals surface area contributed by atoms with E-state index in [0.29, 0.717) is 12.2 Å². The first kappa shape index (κ1) is 22.9. The molecular weight excluding hydrogens is 426 g/mol. The van der Waals surface area contributed by atoms with Crippen LogP contribution < -0.4 is 5.32 Å². The molecule has 33 heavy (non-hydrogen) atoms. The zero-order valence-electron chi connectivity index (χ0n) is 19.5. The fourth-order valence-electron chi connectivity index (χ4n) is 3.72. The number of amides is 1. The molecule has 1 amide bonds. The number of H-pyrrole nitrogens is 1. The van der Waals surface area contributed by atoms with Gasteiger partial charge in [-0.15, -0.1) is 0 Å². The van der Waals surface area contributed by atoms with Crippen molar-refractivity contribution >= 4 is 23.4 Å². The van der Waals surface area contributed by atoms with E-state index in [9.17, 15) is 4.79 Å². The smallest absolute Gasteiger partial charge is 0.225 e. The molecular formula is C28H29N3OS. The van der Waals surface area contributed by atoms with Crippen molar-refractivity contribution in [2.45, 2.75) is 39.3 Å². The zero-order chi connectivity index (χ0) is 23.4. The van der Waals surface area contributed by atoms with Crippen LogP contribution in [0.25, 0.3) is 22.5 Å². The maximum atomic E-state index is 12.5. The predicted molar refractivity (Wildman–Crippen MR) is 139 cm³/mol. The lowest BCUT2D eigenvalue weighted by Gasteiger charge is -2.11. The van der Waals surface area contributed by atoms with Crippen molar-refractivity contribution in [1.29, 1.82) is 0 Å². The topological polar surface area (TPSA) is 57.8 Å². The molecule has 4 aromatic rings. The number of anilines is 1. The Balaban J connectivity index is 1.50. The summed E-state index contributed by atoms with van der Waals surface area (Å²) < 4.78 is 0. The summed E-state index contributed by atoms with van der Waals surface area (Å²) in [6.07, 6.45) is 0.416. The highest BCUT2D eigenvalue weighted by Crippen LogP contribution is 2.33. The summed E-state index contributed by atoms with van der Waals surface area (Å²) in [6.45, 7) is 8.20. The molecule has 0 atom stereocenters. The molecule has 1 heterocycles. The molecule has 0 aliphatic carbocycles. The van der Waals surface area contributed by atoms with Gasteiger partial charge in [0.15, 0.2) is 5.16 Å². The molecule has 0 spiro atoms. The van der Waals surface area contributed by atoms with E-state index in [-0.39, 0.29) is 5.91 Å². The highest BCUT2D eigenvalue weighted by Gasteiger charge is 2.15. The number of benzene rings is 3. The SMILES string of the molecule is Cc1ccc(-c2nc(SCCC(=O)Nc3c(C)cccc3C)[nH]c2-c2ccc(C)cc2)cc1. The second-order valence-electron chi connectivity index (χ2n) is 8.41. The zero-order valence-corrected chi connectivity index (χ0v) is 20.3. The minimum absolute atomic E-state index is 0.0176. The number of aryl methyl sites for hydroxylation is 4. The molecule has 5 heteroatoms. The fraction of sp³-hybridized carbons (Fsp3) is 0.214. The molecule has 0 fully saturated rings. The van der Waals surface area contributed by atoms with Crippen LogP contribution in [0.2, 0.25) is 0 Å². The van der Waals surface area contributed by atoms with Crippen molar-refractivity contribution in [2.75, 3.05) is 11.1 Å². The van der Waals surface area contributed by atoms with Gasteiger partial charge in [0.05, 0.1) is 11.4 Å². The first-order valence-corrected chi connectivity index (χ1v) is 12.1. The first-order valence-electron chi connectivity index (χ1n) is 11.1. The summed E-state index contributed by atoms with van der Waals surface area (Å²) in [4.78, 5) is 20.9. The molecule has 0 aliphatic heterocycles. The van der Waals surface area contributed by atoms with Gasteiger partial charge in [-0.25, -0.2) is 4.98 Å². The average Bonchev–Trinajstić information content (AvgIpc) is 3.21. The van der Waals surface area contributed by atoms with Gasteiger partial charge in [-0.1, -0.05) is 89.6 Å². The number of aromatic nitrogens is 2. The lowest BCUT2D eigenvalue weighted by Crippen LogP contribution is -2.14. The van der Waals surface area contributed by atoms with Crippen molar-refractivity contribution in [3.05, 3.63) is 89.0 Å².